The zero-order chi connectivity index (χ0) is 15.7. The number of halogens is 2. The summed E-state index contributed by atoms with van der Waals surface area (Å²) in [7, 11) is 0. The van der Waals surface area contributed by atoms with Crippen molar-refractivity contribution in [3.63, 3.8) is 0 Å². The third kappa shape index (κ3) is 2.95. The lowest BCUT2D eigenvalue weighted by atomic mass is 9.94. The average Bonchev–Trinajstić information content (AvgIpc) is 2.46. The zero-order valence-corrected chi connectivity index (χ0v) is 13.8. The minimum atomic E-state index is -0.735. The largest absolute Gasteiger partial charge is 0.342 e. The summed E-state index contributed by atoms with van der Waals surface area (Å²) in [4.78, 5) is 26.0. The zero-order valence-electron chi connectivity index (χ0n) is 12.2. The molecule has 0 radical (unpaired) electrons. The Labute approximate surface area is 131 Å². The number of nitrogens with zero attached hydrogens (tertiary/aromatic N) is 1. The maximum atomic E-state index is 14.1. The predicted molar refractivity (Wildman–Crippen MR) is 82.4 cm³/mol. The number of carbonyl (C=O) groups is 2. The molecule has 21 heavy (non-hydrogen) atoms. The maximum Gasteiger partial charge on any atom is 0.250 e. The van der Waals surface area contributed by atoms with E-state index in [-0.39, 0.29) is 23.4 Å². The first-order valence-electron chi connectivity index (χ1n) is 6.95. The molecule has 6 heteroatoms. The van der Waals surface area contributed by atoms with Gasteiger partial charge in [-0.15, -0.1) is 0 Å². The van der Waals surface area contributed by atoms with Crippen molar-refractivity contribution in [2.24, 2.45) is 5.92 Å². The molecule has 1 heterocycles. The summed E-state index contributed by atoms with van der Waals surface area (Å²) >= 11 is 3.27. The van der Waals surface area contributed by atoms with E-state index >= 15 is 0 Å². The highest BCUT2D eigenvalue weighted by molar-refractivity contribution is 9.10. The van der Waals surface area contributed by atoms with Crippen LogP contribution in [0.3, 0.4) is 0 Å². The van der Waals surface area contributed by atoms with Gasteiger partial charge in [0, 0.05) is 4.47 Å². The lowest BCUT2D eigenvalue weighted by Gasteiger charge is -2.39. The van der Waals surface area contributed by atoms with Gasteiger partial charge in [0.2, 0.25) is 5.91 Å². The Bertz CT molecular complexity index is 579. The van der Waals surface area contributed by atoms with Crippen molar-refractivity contribution in [3.8, 4) is 0 Å². The molecule has 3 atom stereocenters. The number of anilines is 1. The molecule has 0 saturated carbocycles. The van der Waals surface area contributed by atoms with E-state index in [0.29, 0.717) is 4.47 Å². The van der Waals surface area contributed by atoms with Crippen molar-refractivity contribution in [1.82, 2.24) is 5.32 Å². The first-order valence-corrected chi connectivity index (χ1v) is 7.74. The molecule has 2 amide bonds. The van der Waals surface area contributed by atoms with Gasteiger partial charge in [-0.05, 0) is 31.0 Å². The number of rotatable bonds is 3. The van der Waals surface area contributed by atoms with Gasteiger partial charge in [0.15, 0.2) is 0 Å². The summed E-state index contributed by atoms with van der Waals surface area (Å²) in [6.45, 7) is 5.45. The van der Waals surface area contributed by atoms with Gasteiger partial charge in [-0.3, -0.25) is 14.5 Å². The number of benzene rings is 1. The second-order valence-corrected chi connectivity index (χ2v) is 6.27. The first-order chi connectivity index (χ1) is 9.86. The Kier molecular flexibility index (Phi) is 4.66. The van der Waals surface area contributed by atoms with Crippen LogP contribution in [0.1, 0.15) is 27.2 Å². The highest BCUT2D eigenvalue weighted by Gasteiger charge is 2.41. The summed E-state index contributed by atoms with van der Waals surface area (Å²) in [5, 5.41) is 2.74. The average molecular weight is 357 g/mol. The van der Waals surface area contributed by atoms with Crippen LogP contribution in [0.25, 0.3) is 0 Å². The van der Waals surface area contributed by atoms with E-state index in [9.17, 15) is 14.0 Å². The molecule has 2 rings (SSSR count). The van der Waals surface area contributed by atoms with Crippen LogP contribution in [-0.2, 0) is 9.59 Å². The van der Waals surface area contributed by atoms with E-state index in [2.05, 4.69) is 21.2 Å². The van der Waals surface area contributed by atoms with E-state index < -0.39 is 17.9 Å². The van der Waals surface area contributed by atoms with Gasteiger partial charge in [-0.25, -0.2) is 4.39 Å². The number of hydrogen-bond donors (Lipinski definition) is 1. The van der Waals surface area contributed by atoms with Crippen molar-refractivity contribution < 1.29 is 14.0 Å². The molecule has 1 saturated heterocycles. The van der Waals surface area contributed by atoms with Gasteiger partial charge in [0.25, 0.3) is 5.91 Å². The van der Waals surface area contributed by atoms with E-state index in [1.807, 2.05) is 13.8 Å². The van der Waals surface area contributed by atoms with Crippen molar-refractivity contribution >= 4 is 33.4 Å². The number of amides is 2. The number of nitrogens with one attached hydrogen (secondary N) is 1. The second-order valence-electron chi connectivity index (χ2n) is 5.35. The number of piperazine rings is 1. The van der Waals surface area contributed by atoms with Crippen molar-refractivity contribution in [2.45, 2.75) is 39.3 Å². The fourth-order valence-electron chi connectivity index (χ4n) is 2.41. The van der Waals surface area contributed by atoms with Crippen LogP contribution in [0.15, 0.2) is 22.7 Å². The van der Waals surface area contributed by atoms with E-state index in [0.717, 1.165) is 6.42 Å². The highest BCUT2D eigenvalue weighted by atomic mass is 79.9. The molecule has 1 aliphatic rings. The lowest BCUT2D eigenvalue weighted by Crippen LogP contribution is -2.64. The normalized spacial score (nSPS) is 24.0. The molecule has 1 N–H and O–H groups in total. The van der Waals surface area contributed by atoms with Gasteiger partial charge in [-0.1, -0.05) is 36.2 Å². The third-order valence-corrected chi connectivity index (χ3v) is 4.44. The van der Waals surface area contributed by atoms with Crippen LogP contribution >= 0.6 is 15.9 Å². The molecule has 0 bridgehead atoms. The summed E-state index contributed by atoms with van der Waals surface area (Å²) in [5.74, 6) is -1.06. The van der Waals surface area contributed by atoms with Gasteiger partial charge in [0.05, 0.1) is 5.69 Å². The van der Waals surface area contributed by atoms with Crippen LogP contribution < -0.4 is 10.2 Å². The van der Waals surface area contributed by atoms with Crippen molar-refractivity contribution in [3.05, 3.63) is 28.5 Å². The topological polar surface area (TPSA) is 49.4 Å². The molecule has 4 nitrogen and oxygen atoms in total. The molecular weight excluding hydrogens is 339 g/mol. The maximum absolute atomic E-state index is 14.1. The molecule has 1 fully saturated rings. The molecule has 114 valence electrons. The first kappa shape index (κ1) is 15.9. The minimum Gasteiger partial charge on any atom is -0.342 e. The molecular formula is C15H18BrFN2O2. The van der Waals surface area contributed by atoms with Gasteiger partial charge >= 0.3 is 0 Å². The van der Waals surface area contributed by atoms with Crippen LogP contribution in [0.2, 0.25) is 0 Å². The molecule has 0 aliphatic carbocycles. The Morgan fingerprint density at radius 3 is 2.71 bits per heavy atom. The van der Waals surface area contributed by atoms with Crippen LogP contribution in [0, 0.1) is 11.7 Å². The van der Waals surface area contributed by atoms with Gasteiger partial charge < -0.3 is 5.32 Å². The van der Waals surface area contributed by atoms with Crippen LogP contribution in [0.4, 0.5) is 10.1 Å². The summed E-state index contributed by atoms with van der Waals surface area (Å²) < 4.78 is 14.7. The standard InChI is InChI=1S/C15H18BrFN2O2/c1-4-8(2)13-15(21)19(9(3)14(20)18-13)12-7-10(16)5-6-11(12)17/h5-9,13H,4H2,1-3H3,(H,18,20). The monoisotopic (exact) mass is 356 g/mol. The Balaban J connectivity index is 2.46. The predicted octanol–water partition coefficient (Wildman–Crippen LogP) is 2.85. The fourth-order valence-corrected chi connectivity index (χ4v) is 2.76. The Morgan fingerprint density at radius 1 is 1.43 bits per heavy atom. The number of carbonyl (C=O) groups excluding carboxylic acids is 2. The van der Waals surface area contributed by atoms with Gasteiger partial charge in [0.1, 0.15) is 17.9 Å². The SMILES string of the molecule is CCC(C)C1NC(=O)C(C)N(c2cc(Br)ccc2F)C1=O. The quantitative estimate of drug-likeness (QED) is 0.905. The minimum absolute atomic E-state index is 0.00772. The Hall–Kier alpha value is -1.43. The van der Waals surface area contributed by atoms with E-state index in [1.54, 1.807) is 13.0 Å². The molecule has 1 aliphatic heterocycles. The van der Waals surface area contributed by atoms with Crippen molar-refractivity contribution in [2.75, 3.05) is 4.90 Å². The Morgan fingerprint density at radius 2 is 2.10 bits per heavy atom. The molecule has 1 aromatic rings. The molecule has 3 unspecified atom stereocenters. The third-order valence-electron chi connectivity index (χ3n) is 3.95. The molecule has 1 aromatic carbocycles. The highest BCUT2D eigenvalue weighted by Crippen LogP contribution is 2.29. The fraction of sp³-hybridized carbons (Fsp3) is 0.467. The smallest absolute Gasteiger partial charge is 0.250 e. The van der Waals surface area contributed by atoms with Crippen LogP contribution in [-0.4, -0.2) is 23.9 Å². The van der Waals surface area contributed by atoms with E-state index in [1.165, 1.54) is 17.0 Å². The summed E-state index contributed by atoms with van der Waals surface area (Å²) in [6.07, 6.45) is 0.750. The number of hydrogen-bond acceptors (Lipinski definition) is 2. The van der Waals surface area contributed by atoms with Crippen LogP contribution in [0.5, 0.6) is 0 Å². The molecule has 0 aromatic heterocycles. The second kappa shape index (κ2) is 6.13. The summed E-state index contributed by atoms with van der Waals surface area (Å²) in [5.41, 5.74) is 0.130. The lowest BCUT2D eigenvalue weighted by molar-refractivity contribution is -0.134. The van der Waals surface area contributed by atoms with Crippen molar-refractivity contribution in [1.29, 1.82) is 0 Å². The summed E-state index contributed by atoms with van der Waals surface area (Å²) in [6, 6.07) is 3.02. The van der Waals surface area contributed by atoms with E-state index in [4.69, 9.17) is 0 Å². The van der Waals surface area contributed by atoms with Gasteiger partial charge in [-0.2, -0.15) is 0 Å². The molecule has 0 spiro atoms.